The second-order valence-corrected chi connectivity index (χ2v) is 6.68. The third-order valence-corrected chi connectivity index (χ3v) is 4.80. The van der Waals surface area contributed by atoms with Crippen LogP contribution in [-0.4, -0.2) is 25.9 Å². The van der Waals surface area contributed by atoms with E-state index in [-0.39, 0.29) is 23.5 Å². The van der Waals surface area contributed by atoms with Crippen LogP contribution in [0.25, 0.3) is 0 Å². The highest BCUT2D eigenvalue weighted by molar-refractivity contribution is 5.58. The molecular formula is C16H23N7O3. The van der Waals surface area contributed by atoms with E-state index in [1.807, 2.05) is 0 Å². The Bertz CT molecular complexity index is 784. The summed E-state index contributed by atoms with van der Waals surface area (Å²) < 4.78 is 5.14. The molecule has 1 saturated carbocycles. The van der Waals surface area contributed by atoms with Crippen molar-refractivity contribution in [3.8, 4) is 0 Å². The van der Waals surface area contributed by atoms with Gasteiger partial charge in [-0.1, -0.05) is 0 Å². The largest absolute Gasteiger partial charge is 0.448 e. The summed E-state index contributed by atoms with van der Waals surface area (Å²) in [5, 5.41) is 14.4. The molecule has 26 heavy (non-hydrogen) atoms. The van der Waals surface area contributed by atoms with Crippen molar-refractivity contribution in [1.29, 1.82) is 0 Å². The van der Waals surface area contributed by atoms with Crippen LogP contribution in [0.5, 0.6) is 0 Å². The first-order valence-corrected chi connectivity index (χ1v) is 8.63. The Kier molecular flexibility index (Phi) is 5.31. The van der Waals surface area contributed by atoms with Crippen molar-refractivity contribution in [3.05, 3.63) is 33.7 Å². The van der Waals surface area contributed by atoms with Gasteiger partial charge in [0.15, 0.2) is 6.39 Å². The molecule has 1 aliphatic carbocycles. The van der Waals surface area contributed by atoms with E-state index in [1.54, 1.807) is 6.92 Å². The number of nitrogens with one attached hydrogen (secondary N) is 1. The van der Waals surface area contributed by atoms with Crippen LogP contribution >= 0.6 is 0 Å². The second-order valence-electron chi connectivity index (χ2n) is 6.68. The fraction of sp³-hybridized carbons (Fsp3) is 0.562. The Labute approximate surface area is 150 Å². The lowest BCUT2D eigenvalue weighted by atomic mass is 9.83. The van der Waals surface area contributed by atoms with Crippen molar-refractivity contribution >= 4 is 17.5 Å². The molecule has 0 atom stereocenters. The van der Waals surface area contributed by atoms with Gasteiger partial charge in [-0.05, 0) is 44.9 Å². The van der Waals surface area contributed by atoms with E-state index in [0.29, 0.717) is 36.0 Å². The molecule has 0 amide bonds. The SMILES string of the molecule is Cc1ocnc1CNc1nc(N)c([N+](=O)[O-])c(C[C@H]2CC[C@H](N)CC2)n1. The molecule has 140 valence electrons. The summed E-state index contributed by atoms with van der Waals surface area (Å²) in [6.45, 7) is 2.14. The van der Waals surface area contributed by atoms with Gasteiger partial charge in [-0.2, -0.15) is 4.98 Å². The smallest absolute Gasteiger partial charge is 0.332 e. The highest BCUT2D eigenvalue weighted by atomic mass is 16.6. The minimum Gasteiger partial charge on any atom is -0.448 e. The lowest BCUT2D eigenvalue weighted by molar-refractivity contribution is -0.385. The van der Waals surface area contributed by atoms with Gasteiger partial charge in [-0.3, -0.25) is 10.1 Å². The number of anilines is 2. The zero-order chi connectivity index (χ0) is 18.7. The van der Waals surface area contributed by atoms with Crippen molar-refractivity contribution in [3.63, 3.8) is 0 Å². The first kappa shape index (κ1) is 18.1. The van der Waals surface area contributed by atoms with Gasteiger partial charge in [0.1, 0.15) is 17.1 Å². The average molecular weight is 361 g/mol. The molecule has 0 aliphatic heterocycles. The van der Waals surface area contributed by atoms with E-state index >= 15 is 0 Å². The molecule has 0 unspecified atom stereocenters. The van der Waals surface area contributed by atoms with Crippen LogP contribution in [0, 0.1) is 23.0 Å². The molecule has 2 heterocycles. The number of nitrogens with two attached hydrogens (primary N) is 2. The molecule has 0 saturated heterocycles. The summed E-state index contributed by atoms with van der Waals surface area (Å²) in [5.74, 6) is 1.12. The summed E-state index contributed by atoms with van der Waals surface area (Å²) in [6, 6.07) is 0.222. The Morgan fingerprint density at radius 3 is 2.65 bits per heavy atom. The van der Waals surface area contributed by atoms with Crippen LogP contribution in [0.1, 0.15) is 42.8 Å². The number of nitro groups is 1. The highest BCUT2D eigenvalue weighted by Gasteiger charge is 2.27. The standard InChI is InChI=1S/C16H23N7O3/c1-9-13(20-8-26-9)7-19-16-21-12(14(23(24)25)15(18)22-16)6-10-2-4-11(17)5-3-10/h8,10-11H,2-7,17H2,1H3,(H3,18,19,21,22)/t10-,11-. The number of hydrogen-bond acceptors (Lipinski definition) is 9. The van der Waals surface area contributed by atoms with Crippen molar-refractivity contribution in [2.24, 2.45) is 11.7 Å². The Morgan fingerprint density at radius 1 is 1.31 bits per heavy atom. The van der Waals surface area contributed by atoms with Crippen LogP contribution in [-0.2, 0) is 13.0 Å². The Hall–Kier alpha value is -2.75. The number of rotatable bonds is 6. The van der Waals surface area contributed by atoms with Crippen LogP contribution < -0.4 is 16.8 Å². The molecule has 3 rings (SSSR count). The van der Waals surface area contributed by atoms with Crippen molar-refractivity contribution in [1.82, 2.24) is 15.0 Å². The fourth-order valence-electron chi connectivity index (χ4n) is 3.27. The molecular weight excluding hydrogens is 338 g/mol. The number of nitrogens with zero attached hydrogens (tertiary/aromatic N) is 4. The topological polar surface area (TPSA) is 159 Å². The number of oxazole rings is 1. The Morgan fingerprint density at radius 2 is 2.04 bits per heavy atom. The van der Waals surface area contributed by atoms with E-state index in [1.165, 1.54) is 6.39 Å². The zero-order valence-electron chi connectivity index (χ0n) is 14.6. The van der Waals surface area contributed by atoms with Crippen molar-refractivity contribution in [2.75, 3.05) is 11.1 Å². The van der Waals surface area contributed by atoms with Crippen LogP contribution in [0.4, 0.5) is 17.5 Å². The lowest BCUT2D eigenvalue weighted by Crippen LogP contribution is -2.27. The van der Waals surface area contributed by atoms with Crippen LogP contribution in [0.2, 0.25) is 0 Å². The van der Waals surface area contributed by atoms with Crippen LogP contribution in [0.15, 0.2) is 10.8 Å². The maximum atomic E-state index is 11.4. The van der Waals surface area contributed by atoms with E-state index < -0.39 is 4.92 Å². The molecule has 0 bridgehead atoms. The number of hydrogen-bond donors (Lipinski definition) is 3. The number of aromatic nitrogens is 3. The van der Waals surface area contributed by atoms with E-state index in [9.17, 15) is 10.1 Å². The molecule has 1 aliphatic rings. The fourth-order valence-corrected chi connectivity index (χ4v) is 3.27. The van der Waals surface area contributed by atoms with E-state index in [2.05, 4.69) is 20.3 Å². The summed E-state index contributed by atoms with van der Waals surface area (Å²) in [4.78, 5) is 23.4. The molecule has 10 heteroatoms. The third kappa shape index (κ3) is 4.07. The molecule has 10 nitrogen and oxygen atoms in total. The summed E-state index contributed by atoms with van der Waals surface area (Å²) in [5.41, 5.74) is 12.7. The maximum absolute atomic E-state index is 11.4. The molecule has 2 aromatic rings. The van der Waals surface area contributed by atoms with Crippen molar-refractivity contribution in [2.45, 2.75) is 51.6 Å². The molecule has 0 radical (unpaired) electrons. The van der Waals surface area contributed by atoms with Gasteiger partial charge in [0.25, 0.3) is 0 Å². The average Bonchev–Trinajstić information content (AvgIpc) is 2.99. The van der Waals surface area contributed by atoms with Crippen molar-refractivity contribution < 1.29 is 9.34 Å². The molecule has 0 spiro atoms. The minimum absolute atomic E-state index is 0.133. The summed E-state index contributed by atoms with van der Waals surface area (Å²) in [7, 11) is 0. The molecule has 0 aromatic carbocycles. The summed E-state index contributed by atoms with van der Waals surface area (Å²) in [6.07, 6.45) is 5.57. The van der Waals surface area contributed by atoms with Gasteiger partial charge < -0.3 is 21.2 Å². The lowest BCUT2D eigenvalue weighted by Gasteiger charge is -2.25. The monoisotopic (exact) mass is 361 g/mol. The summed E-state index contributed by atoms with van der Waals surface area (Å²) >= 11 is 0. The minimum atomic E-state index is -0.509. The van der Waals surface area contributed by atoms with E-state index in [0.717, 1.165) is 25.7 Å². The van der Waals surface area contributed by atoms with Gasteiger partial charge >= 0.3 is 5.69 Å². The maximum Gasteiger partial charge on any atom is 0.332 e. The van der Waals surface area contributed by atoms with E-state index in [4.69, 9.17) is 15.9 Å². The predicted octanol–water partition coefficient (Wildman–Crippen LogP) is 1.94. The van der Waals surface area contributed by atoms with Gasteiger partial charge in [0.2, 0.25) is 11.8 Å². The quantitative estimate of drug-likeness (QED) is 0.516. The first-order chi connectivity index (χ1) is 12.4. The normalized spacial score (nSPS) is 20.1. The molecule has 5 N–H and O–H groups in total. The van der Waals surface area contributed by atoms with Gasteiger partial charge in [-0.25, -0.2) is 9.97 Å². The van der Waals surface area contributed by atoms with Gasteiger partial charge in [-0.15, -0.1) is 0 Å². The van der Waals surface area contributed by atoms with Gasteiger partial charge in [0, 0.05) is 6.04 Å². The van der Waals surface area contributed by atoms with Crippen LogP contribution in [0.3, 0.4) is 0 Å². The second kappa shape index (κ2) is 7.65. The first-order valence-electron chi connectivity index (χ1n) is 8.63. The Balaban J connectivity index is 1.79. The predicted molar refractivity (Wildman–Crippen MR) is 95.3 cm³/mol. The number of aryl methyl sites for hydroxylation is 1. The van der Waals surface area contributed by atoms with Gasteiger partial charge in [0.05, 0.1) is 11.5 Å². The molecule has 1 fully saturated rings. The highest BCUT2D eigenvalue weighted by Crippen LogP contribution is 2.31. The zero-order valence-corrected chi connectivity index (χ0v) is 14.6. The number of nitrogen functional groups attached to an aromatic ring is 1. The molecule has 2 aromatic heterocycles. The third-order valence-electron chi connectivity index (χ3n) is 4.80.